The molecule has 0 aliphatic heterocycles. The summed E-state index contributed by atoms with van der Waals surface area (Å²) in [4.78, 5) is 21.5. The highest BCUT2D eigenvalue weighted by Crippen LogP contribution is 2.19. The molecule has 37 heavy (non-hydrogen) atoms. The van der Waals surface area contributed by atoms with Crippen molar-refractivity contribution in [3.05, 3.63) is 60.7 Å². The molecule has 16 heteroatoms. The Balaban J connectivity index is 1.43. The predicted octanol–water partition coefficient (Wildman–Crippen LogP) is 0.120. The SMILES string of the molecule is O=CN(CCNc1nonc1C(=Nc1ccc(S(=O)(=O)NCCO)cc1)NO)c1ccc2nccn2c1. The predicted molar refractivity (Wildman–Crippen MR) is 131 cm³/mol. The third-order valence-electron chi connectivity index (χ3n) is 5.09. The molecule has 0 saturated heterocycles. The Bertz CT molecular complexity index is 1480. The first-order valence-electron chi connectivity index (χ1n) is 10.9. The van der Waals surface area contributed by atoms with Crippen LogP contribution >= 0.6 is 0 Å². The molecule has 0 radical (unpaired) electrons. The van der Waals surface area contributed by atoms with Gasteiger partial charge in [0.25, 0.3) is 0 Å². The molecule has 0 spiro atoms. The number of amidine groups is 1. The van der Waals surface area contributed by atoms with Crippen LogP contribution in [0.5, 0.6) is 0 Å². The summed E-state index contributed by atoms with van der Waals surface area (Å²) in [6.45, 7) is 0.0905. The molecule has 0 bridgehead atoms. The van der Waals surface area contributed by atoms with Gasteiger partial charge in [0.1, 0.15) is 5.65 Å². The number of sulfonamides is 1. The number of aromatic nitrogens is 4. The molecule has 4 aromatic rings. The molecule has 0 saturated carbocycles. The standard InChI is InChI=1S/C21H23N9O6S/c31-12-9-24-37(34,35)17-4-1-15(2-5-17)25-21(26-33)19-20(28-36-27-19)23-8-11-30(14-32)16-3-6-18-22-7-10-29(18)13-16/h1-7,10,13-14,24,31,33H,8-9,11-12H2,(H,23,28)(H,25,26). The highest BCUT2D eigenvalue weighted by atomic mass is 32.2. The fraction of sp³-hybridized carbons (Fsp3) is 0.190. The summed E-state index contributed by atoms with van der Waals surface area (Å²) in [5.74, 6) is 0.0409. The van der Waals surface area contributed by atoms with E-state index in [0.29, 0.717) is 17.8 Å². The van der Waals surface area contributed by atoms with Gasteiger partial charge in [-0.05, 0) is 46.7 Å². The van der Waals surface area contributed by atoms with Gasteiger partial charge < -0.3 is 19.7 Å². The van der Waals surface area contributed by atoms with Crippen molar-refractivity contribution < 1.29 is 28.2 Å². The number of hydroxylamine groups is 1. The number of aliphatic imine (C=N–C) groups is 1. The van der Waals surface area contributed by atoms with Gasteiger partial charge in [0, 0.05) is 38.2 Å². The number of nitrogens with one attached hydrogen (secondary N) is 3. The van der Waals surface area contributed by atoms with Gasteiger partial charge in [0.05, 0.1) is 22.9 Å². The second-order valence-corrected chi connectivity index (χ2v) is 9.22. The third kappa shape index (κ3) is 6.07. The van der Waals surface area contributed by atoms with Crippen molar-refractivity contribution in [3.63, 3.8) is 0 Å². The van der Waals surface area contributed by atoms with Crippen molar-refractivity contribution >= 4 is 45.1 Å². The van der Waals surface area contributed by atoms with Crippen LogP contribution in [0.1, 0.15) is 5.69 Å². The number of aliphatic hydroxyl groups is 1. The Hall–Kier alpha value is -4.38. The highest BCUT2D eigenvalue weighted by molar-refractivity contribution is 7.89. The zero-order valence-electron chi connectivity index (χ0n) is 19.2. The van der Waals surface area contributed by atoms with Crippen molar-refractivity contribution in [2.24, 2.45) is 4.99 Å². The molecule has 1 amide bonds. The van der Waals surface area contributed by atoms with Crippen LogP contribution < -0.4 is 20.4 Å². The number of anilines is 2. The van der Waals surface area contributed by atoms with E-state index in [0.717, 1.165) is 5.65 Å². The van der Waals surface area contributed by atoms with E-state index >= 15 is 0 Å². The number of carbonyl (C=O) groups is 1. The zero-order chi connectivity index (χ0) is 26.3. The van der Waals surface area contributed by atoms with E-state index in [1.807, 2.05) is 5.48 Å². The third-order valence-corrected chi connectivity index (χ3v) is 6.56. The number of nitrogens with zero attached hydrogens (tertiary/aromatic N) is 6. The number of benzene rings is 1. The molecular weight excluding hydrogens is 506 g/mol. The molecule has 3 aromatic heterocycles. The molecule has 0 atom stereocenters. The normalized spacial score (nSPS) is 12.0. The smallest absolute Gasteiger partial charge is 0.240 e. The Labute approximate surface area is 210 Å². The number of amides is 1. The Morgan fingerprint density at radius 2 is 1.97 bits per heavy atom. The van der Waals surface area contributed by atoms with Crippen molar-refractivity contribution in [1.29, 1.82) is 0 Å². The molecular formula is C21H23N9O6S. The zero-order valence-corrected chi connectivity index (χ0v) is 20.0. The van der Waals surface area contributed by atoms with Gasteiger partial charge >= 0.3 is 0 Å². The number of fused-ring (bicyclic) bond motifs is 1. The topological polar surface area (TPSA) is 200 Å². The van der Waals surface area contributed by atoms with Gasteiger partial charge in [-0.15, -0.1) is 0 Å². The number of hydrogen-bond donors (Lipinski definition) is 5. The molecule has 194 valence electrons. The number of aliphatic hydroxyl groups excluding tert-OH is 1. The van der Waals surface area contributed by atoms with Crippen molar-refractivity contribution in [3.8, 4) is 0 Å². The number of imidazole rings is 1. The monoisotopic (exact) mass is 529 g/mol. The average molecular weight is 530 g/mol. The van der Waals surface area contributed by atoms with Crippen LogP contribution in [0.2, 0.25) is 0 Å². The lowest BCUT2D eigenvalue weighted by molar-refractivity contribution is -0.107. The molecule has 1 aromatic carbocycles. The fourth-order valence-corrected chi connectivity index (χ4v) is 4.32. The van der Waals surface area contributed by atoms with E-state index in [4.69, 9.17) is 9.74 Å². The molecule has 0 unspecified atom stereocenters. The lowest BCUT2D eigenvalue weighted by atomic mass is 10.3. The van der Waals surface area contributed by atoms with Crippen LogP contribution in [-0.2, 0) is 14.8 Å². The largest absolute Gasteiger partial charge is 0.395 e. The van der Waals surface area contributed by atoms with E-state index in [1.165, 1.54) is 29.2 Å². The quantitative estimate of drug-likeness (QED) is 0.0722. The molecule has 5 N–H and O–H groups in total. The number of hydrogen-bond acceptors (Lipinski definition) is 11. The summed E-state index contributed by atoms with van der Waals surface area (Å²) >= 11 is 0. The lowest BCUT2D eigenvalue weighted by Gasteiger charge is -2.17. The van der Waals surface area contributed by atoms with Crippen molar-refractivity contribution in [2.45, 2.75) is 4.90 Å². The van der Waals surface area contributed by atoms with Crippen LogP contribution in [0.15, 0.2) is 69.5 Å². The number of pyridine rings is 1. The highest BCUT2D eigenvalue weighted by Gasteiger charge is 2.18. The van der Waals surface area contributed by atoms with Crippen LogP contribution in [-0.4, -0.2) is 76.9 Å². The van der Waals surface area contributed by atoms with Gasteiger partial charge in [0.2, 0.25) is 22.3 Å². The number of rotatable bonds is 12. The fourth-order valence-electron chi connectivity index (χ4n) is 3.30. The molecule has 0 fully saturated rings. The van der Waals surface area contributed by atoms with Crippen LogP contribution in [0.3, 0.4) is 0 Å². The maximum absolute atomic E-state index is 12.1. The van der Waals surface area contributed by atoms with Crippen molar-refractivity contribution in [2.75, 3.05) is 36.5 Å². The second-order valence-electron chi connectivity index (χ2n) is 7.45. The van der Waals surface area contributed by atoms with Gasteiger partial charge in [-0.2, -0.15) is 0 Å². The minimum atomic E-state index is -3.77. The first kappa shape index (κ1) is 25.7. The Kier molecular flexibility index (Phi) is 8.04. The van der Waals surface area contributed by atoms with E-state index in [9.17, 15) is 18.4 Å². The molecule has 3 heterocycles. The summed E-state index contributed by atoms with van der Waals surface area (Å²) in [5, 5.41) is 28.9. The van der Waals surface area contributed by atoms with Gasteiger partial charge in [-0.3, -0.25) is 15.5 Å². The van der Waals surface area contributed by atoms with Gasteiger partial charge in [0.15, 0.2) is 11.5 Å². The summed E-state index contributed by atoms with van der Waals surface area (Å²) in [5.41, 5.74) is 3.70. The van der Waals surface area contributed by atoms with Gasteiger partial charge in [-0.1, -0.05) is 0 Å². The summed E-state index contributed by atoms with van der Waals surface area (Å²) < 4.78 is 33.1. The summed E-state index contributed by atoms with van der Waals surface area (Å²) in [6, 6.07) is 9.06. The molecule has 0 aliphatic carbocycles. The van der Waals surface area contributed by atoms with E-state index in [2.05, 4.69) is 30.3 Å². The van der Waals surface area contributed by atoms with Crippen molar-refractivity contribution in [1.82, 2.24) is 29.9 Å². The molecule has 4 rings (SSSR count). The van der Waals surface area contributed by atoms with E-state index in [-0.39, 0.29) is 48.5 Å². The van der Waals surface area contributed by atoms with E-state index in [1.54, 1.807) is 35.1 Å². The lowest BCUT2D eigenvalue weighted by Crippen LogP contribution is -2.28. The van der Waals surface area contributed by atoms with Crippen LogP contribution in [0, 0.1) is 0 Å². The summed E-state index contributed by atoms with van der Waals surface area (Å²) in [6.07, 6.45) is 5.91. The van der Waals surface area contributed by atoms with Crippen LogP contribution in [0.4, 0.5) is 17.2 Å². The first-order chi connectivity index (χ1) is 17.9. The van der Waals surface area contributed by atoms with E-state index < -0.39 is 10.0 Å². The molecule has 0 aliphatic rings. The minimum Gasteiger partial charge on any atom is -0.395 e. The number of carbonyl (C=O) groups excluding carboxylic acids is 1. The molecule has 15 nitrogen and oxygen atoms in total. The van der Waals surface area contributed by atoms with Crippen LogP contribution in [0.25, 0.3) is 5.65 Å². The Morgan fingerprint density at radius 3 is 2.70 bits per heavy atom. The Morgan fingerprint density at radius 1 is 1.16 bits per heavy atom. The average Bonchev–Trinajstić information content (AvgIpc) is 3.58. The first-order valence-corrected chi connectivity index (χ1v) is 12.3. The van der Waals surface area contributed by atoms with Gasteiger partial charge in [-0.25, -0.2) is 27.7 Å². The summed E-state index contributed by atoms with van der Waals surface area (Å²) in [7, 11) is -3.77. The minimum absolute atomic E-state index is 0.0178. The maximum atomic E-state index is 12.1. The maximum Gasteiger partial charge on any atom is 0.240 e. The second kappa shape index (κ2) is 11.6.